The first-order valence-electron chi connectivity index (χ1n) is 6.66. The van der Waals surface area contributed by atoms with Crippen LogP contribution in [0.2, 0.25) is 0 Å². The summed E-state index contributed by atoms with van der Waals surface area (Å²) in [5, 5.41) is 9.95. The minimum absolute atomic E-state index is 0.0152. The van der Waals surface area contributed by atoms with Gasteiger partial charge in [0.25, 0.3) is 0 Å². The van der Waals surface area contributed by atoms with Gasteiger partial charge in [-0.05, 0) is 32.7 Å². The maximum atomic E-state index is 9.95. The highest BCUT2D eigenvalue weighted by Gasteiger charge is 2.33. The molecule has 4 nitrogen and oxygen atoms in total. The van der Waals surface area contributed by atoms with Crippen molar-refractivity contribution in [3.63, 3.8) is 0 Å². The summed E-state index contributed by atoms with van der Waals surface area (Å²) in [7, 11) is 1.79. The lowest BCUT2D eigenvalue weighted by Gasteiger charge is -2.41. The minimum Gasteiger partial charge on any atom is -0.393 e. The highest BCUT2D eigenvalue weighted by Crippen LogP contribution is 2.25. The van der Waals surface area contributed by atoms with E-state index < -0.39 is 0 Å². The van der Waals surface area contributed by atoms with Crippen molar-refractivity contribution in [3.05, 3.63) is 0 Å². The van der Waals surface area contributed by atoms with E-state index in [1.165, 1.54) is 6.42 Å². The van der Waals surface area contributed by atoms with Gasteiger partial charge < -0.3 is 19.5 Å². The minimum atomic E-state index is -0.195. The molecular weight excluding hydrogens is 218 g/mol. The molecule has 0 aromatic carbocycles. The maximum Gasteiger partial charge on any atom is 0.0777 e. The average Bonchev–Trinajstić information content (AvgIpc) is 2.32. The smallest absolute Gasteiger partial charge is 0.0777 e. The topological polar surface area (TPSA) is 41.9 Å². The number of hydrogen-bond donors (Lipinski definition) is 1. The van der Waals surface area contributed by atoms with Gasteiger partial charge in [-0.15, -0.1) is 0 Å². The van der Waals surface area contributed by atoms with E-state index >= 15 is 0 Å². The molecule has 2 rings (SSSR count). The van der Waals surface area contributed by atoms with Crippen molar-refractivity contribution in [1.82, 2.24) is 4.90 Å². The van der Waals surface area contributed by atoms with E-state index in [2.05, 4.69) is 11.8 Å². The third-order valence-electron chi connectivity index (χ3n) is 4.16. The lowest BCUT2D eigenvalue weighted by molar-refractivity contribution is -0.0791. The number of hydrogen-bond acceptors (Lipinski definition) is 4. The van der Waals surface area contributed by atoms with E-state index in [4.69, 9.17) is 9.47 Å². The number of likely N-dealkylation sites (tertiary alicyclic amines) is 1. The molecule has 2 aliphatic rings. The van der Waals surface area contributed by atoms with Gasteiger partial charge in [0.05, 0.1) is 18.3 Å². The quantitative estimate of drug-likeness (QED) is 0.799. The maximum absolute atomic E-state index is 9.95. The standard InChI is InChI=1S/C13H25NO3/c1-13(16-2)5-3-6-14(10-13)8-11-9-17-7-4-12(11)15/h11-12,15H,3-10H2,1-2H3. The van der Waals surface area contributed by atoms with E-state index in [1.807, 2.05) is 0 Å². The Kier molecular flexibility index (Phi) is 4.42. The Bertz CT molecular complexity index is 249. The lowest BCUT2D eigenvalue weighted by Crippen LogP contribution is -2.50. The number of methoxy groups -OCH3 is 1. The fourth-order valence-electron chi connectivity index (χ4n) is 2.92. The summed E-state index contributed by atoms with van der Waals surface area (Å²) in [5.74, 6) is 0.267. The van der Waals surface area contributed by atoms with E-state index in [1.54, 1.807) is 7.11 Å². The number of ether oxygens (including phenoxy) is 2. The van der Waals surface area contributed by atoms with Gasteiger partial charge in [0.2, 0.25) is 0 Å². The van der Waals surface area contributed by atoms with Crippen LogP contribution in [0.3, 0.4) is 0 Å². The van der Waals surface area contributed by atoms with Crippen molar-refractivity contribution in [1.29, 1.82) is 0 Å². The van der Waals surface area contributed by atoms with Crippen LogP contribution in [0.5, 0.6) is 0 Å². The zero-order chi connectivity index (χ0) is 12.3. The number of nitrogens with zero attached hydrogens (tertiary/aromatic N) is 1. The first-order valence-corrected chi connectivity index (χ1v) is 6.66. The van der Waals surface area contributed by atoms with Crippen molar-refractivity contribution in [2.75, 3.05) is 40.0 Å². The zero-order valence-corrected chi connectivity index (χ0v) is 11.0. The van der Waals surface area contributed by atoms with Crippen LogP contribution in [-0.2, 0) is 9.47 Å². The highest BCUT2D eigenvalue weighted by atomic mass is 16.5. The van der Waals surface area contributed by atoms with E-state index in [-0.39, 0.29) is 17.6 Å². The Labute approximate surface area is 104 Å². The second-order valence-corrected chi connectivity index (χ2v) is 5.68. The lowest BCUT2D eigenvalue weighted by atomic mass is 9.92. The summed E-state index contributed by atoms with van der Waals surface area (Å²) in [5.41, 5.74) is -0.0152. The van der Waals surface area contributed by atoms with Gasteiger partial charge in [0, 0.05) is 32.7 Å². The largest absolute Gasteiger partial charge is 0.393 e. The molecule has 0 bridgehead atoms. The monoisotopic (exact) mass is 243 g/mol. The molecule has 2 saturated heterocycles. The molecule has 0 saturated carbocycles. The Morgan fingerprint density at radius 3 is 3.06 bits per heavy atom. The van der Waals surface area contributed by atoms with Crippen LogP contribution in [0, 0.1) is 5.92 Å². The normalized spacial score (nSPS) is 40.4. The summed E-state index contributed by atoms with van der Waals surface area (Å²) in [4.78, 5) is 2.41. The molecule has 0 amide bonds. The van der Waals surface area contributed by atoms with Gasteiger partial charge in [-0.2, -0.15) is 0 Å². The van der Waals surface area contributed by atoms with Crippen molar-refractivity contribution in [2.24, 2.45) is 5.92 Å². The molecule has 2 fully saturated rings. The molecule has 3 unspecified atom stereocenters. The molecule has 0 aliphatic carbocycles. The SMILES string of the molecule is COC1(C)CCCN(CC2COCCC2O)C1. The van der Waals surface area contributed by atoms with E-state index in [0.717, 1.165) is 32.5 Å². The van der Waals surface area contributed by atoms with Gasteiger partial charge >= 0.3 is 0 Å². The van der Waals surface area contributed by atoms with E-state index in [0.29, 0.717) is 13.2 Å². The molecule has 2 heterocycles. The molecule has 0 radical (unpaired) electrons. The number of aliphatic hydroxyl groups is 1. The number of piperidine rings is 1. The van der Waals surface area contributed by atoms with Gasteiger partial charge in [0.1, 0.15) is 0 Å². The molecule has 0 aromatic heterocycles. The summed E-state index contributed by atoms with van der Waals surface area (Å²) in [6.07, 6.45) is 2.89. The molecule has 0 aromatic rings. The number of rotatable bonds is 3. The van der Waals surface area contributed by atoms with Crippen molar-refractivity contribution in [3.8, 4) is 0 Å². The Morgan fingerprint density at radius 1 is 1.53 bits per heavy atom. The van der Waals surface area contributed by atoms with Gasteiger partial charge in [0.15, 0.2) is 0 Å². The summed E-state index contributed by atoms with van der Waals surface area (Å²) in [6, 6.07) is 0. The van der Waals surface area contributed by atoms with Crippen molar-refractivity contribution in [2.45, 2.75) is 37.9 Å². The molecule has 1 N–H and O–H groups in total. The predicted molar refractivity (Wildman–Crippen MR) is 66.0 cm³/mol. The second-order valence-electron chi connectivity index (χ2n) is 5.68. The molecule has 100 valence electrons. The van der Waals surface area contributed by atoms with Crippen LogP contribution in [0.1, 0.15) is 26.2 Å². The molecular formula is C13H25NO3. The predicted octanol–water partition coefficient (Wildman–Crippen LogP) is 0.885. The average molecular weight is 243 g/mol. The van der Waals surface area contributed by atoms with Crippen LogP contribution in [0.25, 0.3) is 0 Å². The third-order valence-corrected chi connectivity index (χ3v) is 4.16. The number of aliphatic hydroxyl groups excluding tert-OH is 1. The van der Waals surface area contributed by atoms with Crippen LogP contribution in [0.4, 0.5) is 0 Å². The molecule has 17 heavy (non-hydrogen) atoms. The van der Waals surface area contributed by atoms with E-state index in [9.17, 15) is 5.11 Å². The Hall–Kier alpha value is -0.160. The summed E-state index contributed by atoms with van der Waals surface area (Å²) < 4.78 is 11.0. The first-order chi connectivity index (χ1) is 8.13. The van der Waals surface area contributed by atoms with Crippen LogP contribution >= 0.6 is 0 Å². The van der Waals surface area contributed by atoms with Crippen LogP contribution in [0.15, 0.2) is 0 Å². The fourth-order valence-corrected chi connectivity index (χ4v) is 2.92. The molecule has 2 aliphatic heterocycles. The first kappa shape index (κ1) is 13.3. The van der Waals surface area contributed by atoms with Gasteiger partial charge in [-0.1, -0.05) is 0 Å². The molecule has 0 spiro atoms. The Morgan fingerprint density at radius 2 is 2.35 bits per heavy atom. The van der Waals surface area contributed by atoms with Gasteiger partial charge in [-0.25, -0.2) is 0 Å². The molecule has 3 atom stereocenters. The molecule has 4 heteroatoms. The van der Waals surface area contributed by atoms with Crippen LogP contribution < -0.4 is 0 Å². The Balaban J connectivity index is 1.85. The summed E-state index contributed by atoms with van der Waals surface area (Å²) in [6.45, 7) is 6.58. The highest BCUT2D eigenvalue weighted by molar-refractivity contribution is 4.86. The van der Waals surface area contributed by atoms with Gasteiger partial charge in [-0.3, -0.25) is 0 Å². The van der Waals surface area contributed by atoms with Crippen LogP contribution in [-0.4, -0.2) is 61.7 Å². The van der Waals surface area contributed by atoms with Crippen molar-refractivity contribution >= 4 is 0 Å². The zero-order valence-electron chi connectivity index (χ0n) is 11.0. The fraction of sp³-hybridized carbons (Fsp3) is 1.00. The second kappa shape index (κ2) is 5.65. The van der Waals surface area contributed by atoms with Crippen molar-refractivity contribution < 1.29 is 14.6 Å². The third kappa shape index (κ3) is 3.41. The summed E-state index contributed by atoms with van der Waals surface area (Å²) >= 11 is 0.